The summed E-state index contributed by atoms with van der Waals surface area (Å²) in [7, 11) is 0. The lowest BCUT2D eigenvalue weighted by Gasteiger charge is -2.08. The van der Waals surface area contributed by atoms with E-state index in [-0.39, 0.29) is 5.75 Å². The van der Waals surface area contributed by atoms with Gasteiger partial charge in [0.15, 0.2) is 0 Å². The molecule has 0 radical (unpaired) electrons. The Hall–Kier alpha value is -1.32. The molecule has 0 aliphatic carbocycles. The van der Waals surface area contributed by atoms with Crippen LogP contribution in [-0.4, -0.2) is 10.2 Å². The third-order valence-electron chi connectivity index (χ3n) is 2.21. The zero-order chi connectivity index (χ0) is 10.7. The Bertz CT molecular complexity index is 423. The van der Waals surface area contributed by atoms with Crippen LogP contribution in [0, 0.1) is 0 Å². The van der Waals surface area contributed by atoms with E-state index in [9.17, 15) is 10.2 Å². The van der Waals surface area contributed by atoms with Gasteiger partial charge in [0.25, 0.3) is 0 Å². The molecule has 0 amide bonds. The van der Waals surface area contributed by atoms with Crippen molar-refractivity contribution in [3.8, 4) is 5.75 Å². The lowest BCUT2D eigenvalue weighted by molar-refractivity contribution is 0.182. The highest BCUT2D eigenvalue weighted by Gasteiger charge is 2.09. The summed E-state index contributed by atoms with van der Waals surface area (Å²) < 4.78 is 0. The number of hydrogen-bond acceptors (Lipinski definition) is 3. The third-order valence-corrected chi connectivity index (χ3v) is 3.18. The van der Waals surface area contributed by atoms with Crippen molar-refractivity contribution in [3.63, 3.8) is 0 Å². The van der Waals surface area contributed by atoms with Crippen LogP contribution in [-0.2, 0) is 6.42 Å². The van der Waals surface area contributed by atoms with Gasteiger partial charge < -0.3 is 10.2 Å². The van der Waals surface area contributed by atoms with Crippen molar-refractivity contribution >= 4 is 11.3 Å². The van der Waals surface area contributed by atoms with Crippen LogP contribution < -0.4 is 0 Å². The fourth-order valence-corrected chi connectivity index (χ4v) is 2.20. The maximum atomic E-state index is 9.88. The molecular formula is C12H12O2S. The summed E-state index contributed by atoms with van der Waals surface area (Å²) in [5.74, 6) is 0.242. The van der Waals surface area contributed by atoms with Crippen LogP contribution in [0.5, 0.6) is 5.75 Å². The second-order valence-corrected chi connectivity index (χ2v) is 4.38. The van der Waals surface area contributed by atoms with Crippen molar-refractivity contribution in [2.45, 2.75) is 12.5 Å². The minimum atomic E-state index is -0.480. The number of phenolic OH excluding ortho intramolecular Hbond substituents is 1. The molecule has 0 spiro atoms. The van der Waals surface area contributed by atoms with E-state index in [4.69, 9.17) is 0 Å². The molecule has 2 nitrogen and oxygen atoms in total. The molecule has 78 valence electrons. The molecule has 1 atom stereocenters. The van der Waals surface area contributed by atoms with Crippen LogP contribution >= 0.6 is 11.3 Å². The van der Waals surface area contributed by atoms with E-state index in [2.05, 4.69) is 0 Å². The fraction of sp³-hybridized carbons (Fsp3) is 0.167. The zero-order valence-corrected chi connectivity index (χ0v) is 8.95. The maximum absolute atomic E-state index is 9.88. The SMILES string of the molecule is Oc1cccc(CC(O)c2cccs2)c1. The van der Waals surface area contributed by atoms with Crippen LogP contribution in [0.4, 0.5) is 0 Å². The van der Waals surface area contributed by atoms with E-state index in [0.717, 1.165) is 10.4 Å². The Kier molecular flexibility index (Phi) is 3.04. The molecule has 0 saturated heterocycles. The highest BCUT2D eigenvalue weighted by Crippen LogP contribution is 2.23. The number of hydrogen-bond donors (Lipinski definition) is 2. The number of phenols is 1. The second-order valence-electron chi connectivity index (χ2n) is 3.41. The van der Waals surface area contributed by atoms with Gasteiger partial charge in [-0.15, -0.1) is 11.3 Å². The highest BCUT2D eigenvalue weighted by atomic mass is 32.1. The Balaban J connectivity index is 2.09. The Morgan fingerprint density at radius 3 is 2.73 bits per heavy atom. The van der Waals surface area contributed by atoms with Crippen molar-refractivity contribution in [3.05, 3.63) is 52.2 Å². The number of thiophene rings is 1. The first-order chi connectivity index (χ1) is 7.25. The lowest BCUT2D eigenvalue weighted by Crippen LogP contribution is -1.99. The topological polar surface area (TPSA) is 40.5 Å². The molecule has 3 heteroatoms. The molecule has 15 heavy (non-hydrogen) atoms. The highest BCUT2D eigenvalue weighted by molar-refractivity contribution is 7.10. The first kappa shape index (κ1) is 10.2. The van der Waals surface area contributed by atoms with Crippen LogP contribution in [0.3, 0.4) is 0 Å². The molecule has 0 aliphatic heterocycles. The number of aliphatic hydroxyl groups is 1. The Morgan fingerprint density at radius 1 is 1.20 bits per heavy atom. The minimum absolute atomic E-state index is 0.242. The molecule has 0 saturated carbocycles. The summed E-state index contributed by atoms with van der Waals surface area (Å²) in [6, 6.07) is 10.8. The zero-order valence-electron chi connectivity index (χ0n) is 8.13. The van der Waals surface area contributed by atoms with Gasteiger partial charge in [-0.1, -0.05) is 18.2 Å². The number of benzene rings is 1. The molecule has 0 aliphatic rings. The van der Waals surface area contributed by atoms with Gasteiger partial charge in [-0.3, -0.25) is 0 Å². The first-order valence-corrected chi connectivity index (χ1v) is 5.63. The average molecular weight is 220 g/mol. The number of aromatic hydroxyl groups is 1. The first-order valence-electron chi connectivity index (χ1n) is 4.75. The number of aliphatic hydroxyl groups excluding tert-OH is 1. The van der Waals surface area contributed by atoms with E-state index in [0.29, 0.717) is 6.42 Å². The maximum Gasteiger partial charge on any atom is 0.115 e. The second kappa shape index (κ2) is 4.47. The van der Waals surface area contributed by atoms with Crippen LogP contribution in [0.1, 0.15) is 16.5 Å². The molecule has 1 unspecified atom stereocenters. The summed E-state index contributed by atoms with van der Waals surface area (Å²) in [5.41, 5.74) is 0.941. The Labute approximate surface area is 92.4 Å². The lowest BCUT2D eigenvalue weighted by atomic mass is 10.1. The minimum Gasteiger partial charge on any atom is -0.508 e. The molecule has 0 bridgehead atoms. The quantitative estimate of drug-likeness (QED) is 0.835. The average Bonchev–Trinajstić information content (AvgIpc) is 2.70. The van der Waals surface area contributed by atoms with E-state index < -0.39 is 6.10 Å². The van der Waals surface area contributed by atoms with E-state index in [1.165, 1.54) is 0 Å². The van der Waals surface area contributed by atoms with E-state index in [1.54, 1.807) is 29.5 Å². The van der Waals surface area contributed by atoms with E-state index >= 15 is 0 Å². The molecule has 2 N–H and O–H groups in total. The van der Waals surface area contributed by atoms with Crippen LogP contribution in [0.25, 0.3) is 0 Å². The third kappa shape index (κ3) is 2.58. The van der Waals surface area contributed by atoms with Gasteiger partial charge in [0.05, 0.1) is 6.10 Å². The monoisotopic (exact) mass is 220 g/mol. The Morgan fingerprint density at radius 2 is 2.07 bits per heavy atom. The van der Waals surface area contributed by atoms with Gasteiger partial charge in [0.1, 0.15) is 5.75 Å². The molecule has 1 aromatic carbocycles. The van der Waals surface area contributed by atoms with Crippen LogP contribution in [0.15, 0.2) is 41.8 Å². The van der Waals surface area contributed by atoms with E-state index in [1.807, 2.05) is 23.6 Å². The van der Waals surface area contributed by atoms with Gasteiger partial charge in [-0.25, -0.2) is 0 Å². The summed E-state index contributed by atoms with van der Waals surface area (Å²) in [4.78, 5) is 0.957. The van der Waals surface area contributed by atoms with Gasteiger partial charge >= 0.3 is 0 Å². The van der Waals surface area contributed by atoms with Crippen molar-refractivity contribution in [1.29, 1.82) is 0 Å². The van der Waals surface area contributed by atoms with Gasteiger partial charge in [-0.05, 0) is 29.1 Å². The van der Waals surface area contributed by atoms with Crippen molar-refractivity contribution in [2.24, 2.45) is 0 Å². The standard InChI is InChI=1S/C12H12O2S/c13-10-4-1-3-9(7-10)8-11(14)12-5-2-6-15-12/h1-7,11,13-14H,8H2. The largest absolute Gasteiger partial charge is 0.508 e. The van der Waals surface area contributed by atoms with Crippen molar-refractivity contribution in [2.75, 3.05) is 0 Å². The molecule has 1 aromatic heterocycles. The van der Waals surface area contributed by atoms with Gasteiger partial charge in [0.2, 0.25) is 0 Å². The van der Waals surface area contributed by atoms with Crippen molar-refractivity contribution in [1.82, 2.24) is 0 Å². The van der Waals surface area contributed by atoms with Crippen LogP contribution in [0.2, 0.25) is 0 Å². The molecule has 2 rings (SSSR count). The smallest absolute Gasteiger partial charge is 0.115 e. The summed E-state index contributed by atoms with van der Waals surface area (Å²) in [6.45, 7) is 0. The fourth-order valence-electron chi connectivity index (χ4n) is 1.49. The molecule has 0 fully saturated rings. The normalized spacial score (nSPS) is 12.6. The summed E-state index contributed by atoms with van der Waals surface area (Å²) >= 11 is 1.54. The van der Waals surface area contributed by atoms with Crippen molar-refractivity contribution < 1.29 is 10.2 Å². The molecule has 1 heterocycles. The predicted molar refractivity (Wildman–Crippen MR) is 61.1 cm³/mol. The molecule has 2 aromatic rings. The summed E-state index contributed by atoms with van der Waals surface area (Å²) in [5, 5.41) is 21.1. The molecular weight excluding hydrogens is 208 g/mol. The van der Waals surface area contributed by atoms with Gasteiger partial charge in [-0.2, -0.15) is 0 Å². The van der Waals surface area contributed by atoms with Gasteiger partial charge in [0, 0.05) is 11.3 Å². The predicted octanol–water partition coefficient (Wildman–Crippen LogP) is 2.73. The number of rotatable bonds is 3. The summed E-state index contributed by atoms with van der Waals surface area (Å²) in [6.07, 6.45) is 0.0568.